The third-order valence-corrected chi connectivity index (χ3v) is 5.19. The maximum absolute atomic E-state index is 4.80. The van der Waals surface area contributed by atoms with Crippen molar-refractivity contribution >= 4 is 29.9 Å². The molecule has 3 rings (SSSR count). The molecule has 0 amide bonds. The number of nitrogens with one attached hydrogen (secondary N) is 2. The Morgan fingerprint density at radius 2 is 1.88 bits per heavy atom. The van der Waals surface area contributed by atoms with Gasteiger partial charge in [-0.25, -0.2) is 4.99 Å². The molecule has 140 valence electrons. The number of rotatable bonds is 7. The molecule has 0 bridgehead atoms. The summed E-state index contributed by atoms with van der Waals surface area (Å²) in [6.07, 6.45) is 5.22. The van der Waals surface area contributed by atoms with Gasteiger partial charge in [0.15, 0.2) is 5.96 Å². The van der Waals surface area contributed by atoms with E-state index in [1.807, 2.05) is 0 Å². The number of guanidine groups is 1. The Hall–Kier alpha value is -0.820. The molecular formula is C20H33IN4. The predicted molar refractivity (Wildman–Crippen MR) is 117 cm³/mol. The van der Waals surface area contributed by atoms with Crippen molar-refractivity contribution in [1.29, 1.82) is 0 Å². The molecule has 4 nitrogen and oxygen atoms in total. The van der Waals surface area contributed by atoms with E-state index in [1.165, 1.54) is 43.5 Å². The molecule has 0 aromatic heterocycles. The van der Waals surface area contributed by atoms with Gasteiger partial charge in [0.05, 0.1) is 6.54 Å². The molecule has 25 heavy (non-hydrogen) atoms. The number of aryl methyl sites for hydroxylation is 1. The van der Waals surface area contributed by atoms with Crippen molar-refractivity contribution < 1.29 is 0 Å². The zero-order chi connectivity index (χ0) is 16.8. The monoisotopic (exact) mass is 456 g/mol. The summed E-state index contributed by atoms with van der Waals surface area (Å²) in [6, 6.07) is 9.52. The Morgan fingerprint density at radius 1 is 1.12 bits per heavy atom. The molecule has 1 saturated heterocycles. The number of hydrogen-bond donors (Lipinski definition) is 2. The average molecular weight is 456 g/mol. The van der Waals surface area contributed by atoms with Gasteiger partial charge in [-0.05, 0) is 56.2 Å². The summed E-state index contributed by atoms with van der Waals surface area (Å²) in [5, 5.41) is 6.95. The van der Waals surface area contributed by atoms with Gasteiger partial charge in [-0.1, -0.05) is 31.2 Å². The molecule has 1 heterocycles. The standard InChI is InChI=1S/C20H32N4.HI/c1-3-17-7-5-6-8-18(17)14-23-20(21-4-2)22-13-16-11-12-24(15-16)19-9-10-19;/h5-8,16,19H,3-4,9-15H2,1-2H3,(H2,21,22,23);1H. The van der Waals surface area contributed by atoms with Gasteiger partial charge in [-0.3, -0.25) is 0 Å². The summed E-state index contributed by atoms with van der Waals surface area (Å²) in [7, 11) is 0. The Kier molecular flexibility index (Phi) is 8.49. The molecule has 1 saturated carbocycles. The van der Waals surface area contributed by atoms with Crippen LogP contribution in [0.3, 0.4) is 0 Å². The minimum atomic E-state index is 0. The summed E-state index contributed by atoms with van der Waals surface area (Å²) in [5.41, 5.74) is 2.73. The van der Waals surface area contributed by atoms with Crippen LogP contribution in [0.2, 0.25) is 0 Å². The third kappa shape index (κ3) is 6.13. The molecule has 1 aromatic carbocycles. The van der Waals surface area contributed by atoms with Gasteiger partial charge < -0.3 is 15.5 Å². The van der Waals surface area contributed by atoms with E-state index in [1.54, 1.807) is 0 Å². The van der Waals surface area contributed by atoms with Gasteiger partial charge >= 0.3 is 0 Å². The van der Waals surface area contributed by atoms with Crippen molar-refractivity contribution in [2.24, 2.45) is 10.9 Å². The lowest BCUT2D eigenvalue weighted by molar-refractivity contribution is 0.314. The lowest BCUT2D eigenvalue weighted by atomic mass is 10.1. The van der Waals surface area contributed by atoms with Crippen LogP contribution in [-0.4, -0.2) is 43.1 Å². The lowest BCUT2D eigenvalue weighted by Gasteiger charge is -2.17. The van der Waals surface area contributed by atoms with Gasteiger partial charge in [-0.15, -0.1) is 24.0 Å². The minimum absolute atomic E-state index is 0. The van der Waals surface area contributed by atoms with E-state index in [0.717, 1.165) is 44.0 Å². The Labute approximate surface area is 169 Å². The van der Waals surface area contributed by atoms with Gasteiger partial charge in [0.1, 0.15) is 0 Å². The number of hydrogen-bond acceptors (Lipinski definition) is 2. The van der Waals surface area contributed by atoms with Gasteiger partial charge in [0.25, 0.3) is 0 Å². The molecule has 1 aromatic rings. The first-order chi connectivity index (χ1) is 11.8. The first kappa shape index (κ1) is 20.5. The topological polar surface area (TPSA) is 39.7 Å². The highest BCUT2D eigenvalue weighted by Crippen LogP contribution is 2.31. The molecule has 1 aliphatic carbocycles. The molecule has 2 N–H and O–H groups in total. The minimum Gasteiger partial charge on any atom is -0.357 e. The van der Waals surface area contributed by atoms with Crippen LogP contribution in [0.15, 0.2) is 29.3 Å². The normalized spacial score (nSPS) is 21.0. The van der Waals surface area contributed by atoms with Crippen LogP contribution in [0.25, 0.3) is 0 Å². The lowest BCUT2D eigenvalue weighted by Crippen LogP contribution is -2.40. The quantitative estimate of drug-likeness (QED) is 0.376. The summed E-state index contributed by atoms with van der Waals surface area (Å²) in [6.45, 7) is 9.56. The number of likely N-dealkylation sites (tertiary alicyclic amines) is 1. The van der Waals surface area contributed by atoms with Gasteiger partial charge in [0.2, 0.25) is 0 Å². The zero-order valence-corrected chi connectivity index (χ0v) is 18.0. The van der Waals surface area contributed by atoms with Crippen molar-refractivity contribution in [3.8, 4) is 0 Å². The van der Waals surface area contributed by atoms with E-state index >= 15 is 0 Å². The summed E-state index contributed by atoms with van der Waals surface area (Å²) in [5.74, 6) is 1.71. The van der Waals surface area contributed by atoms with Crippen LogP contribution in [0.4, 0.5) is 0 Å². The van der Waals surface area contributed by atoms with Crippen molar-refractivity contribution in [3.63, 3.8) is 0 Å². The molecule has 1 aliphatic heterocycles. The highest BCUT2D eigenvalue weighted by atomic mass is 127. The van der Waals surface area contributed by atoms with E-state index < -0.39 is 0 Å². The number of aliphatic imine (C=N–C) groups is 1. The maximum atomic E-state index is 4.80. The highest BCUT2D eigenvalue weighted by Gasteiger charge is 2.34. The molecule has 2 fully saturated rings. The Bertz CT molecular complexity index is 556. The van der Waals surface area contributed by atoms with Crippen molar-refractivity contribution in [3.05, 3.63) is 35.4 Å². The van der Waals surface area contributed by atoms with E-state index in [-0.39, 0.29) is 24.0 Å². The second-order valence-corrected chi connectivity index (χ2v) is 7.08. The van der Waals surface area contributed by atoms with E-state index in [0.29, 0.717) is 0 Å². The first-order valence-corrected chi connectivity index (χ1v) is 9.63. The van der Waals surface area contributed by atoms with Crippen molar-refractivity contribution in [2.45, 2.75) is 52.1 Å². The fraction of sp³-hybridized carbons (Fsp3) is 0.650. The molecule has 0 radical (unpaired) electrons. The van der Waals surface area contributed by atoms with Crippen LogP contribution >= 0.6 is 24.0 Å². The average Bonchev–Trinajstić information content (AvgIpc) is 3.36. The second kappa shape index (κ2) is 10.4. The fourth-order valence-electron chi connectivity index (χ4n) is 3.60. The van der Waals surface area contributed by atoms with E-state index in [2.05, 4.69) is 53.6 Å². The summed E-state index contributed by atoms with van der Waals surface area (Å²) < 4.78 is 0. The first-order valence-electron chi connectivity index (χ1n) is 9.63. The summed E-state index contributed by atoms with van der Waals surface area (Å²) >= 11 is 0. The Balaban J connectivity index is 0.00000225. The van der Waals surface area contributed by atoms with Crippen molar-refractivity contribution in [2.75, 3.05) is 26.2 Å². The smallest absolute Gasteiger partial charge is 0.191 e. The number of halogens is 1. The van der Waals surface area contributed by atoms with Crippen LogP contribution in [0.1, 0.15) is 44.2 Å². The van der Waals surface area contributed by atoms with E-state index in [4.69, 9.17) is 4.99 Å². The molecule has 5 heteroatoms. The van der Waals surface area contributed by atoms with Crippen LogP contribution in [0.5, 0.6) is 0 Å². The van der Waals surface area contributed by atoms with Gasteiger partial charge in [-0.2, -0.15) is 0 Å². The van der Waals surface area contributed by atoms with Crippen LogP contribution in [-0.2, 0) is 13.0 Å². The fourth-order valence-corrected chi connectivity index (χ4v) is 3.60. The van der Waals surface area contributed by atoms with E-state index in [9.17, 15) is 0 Å². The Morgan fingerprint density at radius 3 is 2.56 bits per heavy atom. The largest absolute Gasteiger partial charge is 0.357 e. The number of nitrogens with zero attached hydrogens (tertiary/aromatic N) is 2. The predicted octanol–water partition coefficient (Wildman–Crippen LogP) is 3.41. The zero-order valence-electron chi connectivity index (χ0n) is 15.6. The third-order valence-electron chi connectivity index (χ3n) is 5.19. The highest BCUT2D eigenvalue weighted by molar-refractivity contribution is 14.0. The van der Waals surface area contributed by atoms with Crippen LogP contribution in [0, 0.1) is 5.92 Å². The van der Waals surface area contributed by atoms with Crippen molar-refractivity contribution in [1.82, 2.24) is 15.5 Å². The molecule has 2 aliphatic rings. The second-order valence-electron chi connectivity index (χ2n) is 7.08. The number of benzene rings is 1. The summed E-state index contributed by atoms with van der Waals surface area (Å²) in [4.78, 5) is 7.48. The molecule has 1 unspecified atom stereocenters. The van der Waals surface area contributed by atoms with Gasteiger partial charge in [0, 0.05) is 25.7 Å². The van der Waals surface area contributed by atoms with Crippen LogP contribution < -0.4 is 10.6 Å². The SMILES string of the molecule is CCNC(=NCc1ccccc1CC)NCC1CCN(C2CC2)C1.I. The maximum Gasteiger partial charge on any atom is 0.191 e. The molecule has 0 spiro atoms. The molecular weight excluding hydrogens is 423 g/mol. The molecule has 1 atom stereocenters.